The third-order valence-electron chi connectivity index (χ3n) is 4.38. The van der Waals surface area contributed by atoms with Gasteiger partial charge in [0.25, 0.3) is 0 Å². The molecule has 2 fully saturated rings. The molecular weight excluding hydrogens is 206 g/mol. The molecule has 0 aromatic carbocycles. The van der Waals surface area contributed by atoms with Crippen LogP contribution in [0.15, 0.2) is 0 Å². The molecule has 2 aliphatic rings. The summed E-state index contributed by atoms with van der Waals surface area (Å²) in [4.78, 5) is 0. The first kappa shape index (κ1) is 11.5. The maximum absolute atomic E-state index is 12.0. The van der Waals surface area contributed by atoms with Crippen molar-refractivity contribution in [3.8, 4) is 0 Å². The fourth-order valence-corrected chi connectivity index (χ4v) is 4.32. The second-order valence-electron chi connectivity index (χ2n) is 5.85. The minimum Gasteiger partial charge on any atom is -0.253 e. The van der Waals surface area contributed by atoms with Crippen molar-refractivity contribution >= 4 is 15.6 Å². The lowest BCUT2D eigenvalue weighted by atomic mass is 9.60. The van der Waals surface area contributed by atoms with Crippen molar-refractivity contribution in [2.45, 2.75) is 33.1 Å². The van der Waals surface area contributed by atoms with Gasteiger partial charge < -0.3 is 0 Å². The normalized spacial score (nSPS) is 34.3. The van der Waals surface area contributed by atoms with Crippen molar-refractivity contribution < 1.29 is 4.21 Å². The average molecular weight is 229 g/mol. The Balaban J connectivity index is 2.20. The van der Waals surface area contributed by atoms with Gasteiger partial charge in [-0.25, -0.2) is 4.31 Å². The lowest BCUT2D eigenvalue weighted by molar-refractivity contribution is 0.0686. The number of nitrogens with zero attached hydrogens (tertiary/aromatic N) is 1. The molecule has 3 heteroatoms. The molecule has 0 bridgehead atoms. The predicted octanol–water partition coefficient (Wildman–Crippen LogP) is 2.01. The van der Waals surface area contributed by atoms with Gasteiger partial charge in [0, 0.05) is 29.1 Å². The van der Waals surface area contributed by atoms with E-state index in [1.165, 1.54) is 19.3 Å². The number of hydrogen-bond acceptors (Lipinski definition) is 1. The van der Waals surface area contributed by atoms with Crippen molar-refractivity contribution in [2.75, 3.05) is 19.3 Å². The Labute approximate surface area is 94.2 Å². The molecule has 0 aromatic rings. The van der Waals surface area contributed by atoms with Crippen molar-refractivity contribution in [1.29, 1.82) is 0 Å². The summed E-state index contributed by atoms with van der Waals surface area (Å²) >= 11 is 0. The quantitative estimate of drug-likeness (QED) is 0.663. The van der Waals surface area contributed by atoms with Gasteiger partial charge in [0.1, 0.15) is 0 Å². The first-order valence-corrected chi connectivity index (χ1v) is 8.02. The van der Waals surface area contributed by atoms with Crippen LogP contribution in [0, 0.1) is 17.3 Å². The maximum atomic E-state index is 12.0. The van der Waals surface area contributed by atoms with Crippen LogP contribution in [0.1, 0.15) is 33.1 Å². The van der Waals surface area contributed by atoms with Gasteiger partial charge >= 0.3 is 0 Å². The Bertz CT molecular complexity index is 341. The van der Waals surface area contributed by atoms with Crippen LogP contribution >= 0.6 is 0 Å². The lowest BCUT2D eigenvalue weighted by Gasteiger charge is -2.44. The van der Waals surface area contributed by atoms with Gasteiger partial charge in [-0.05, 0) is 36.0 Å². The summed E-state index contributed by atoms with van der Waals surface area (Å²) in [6.45, 7) is 6.62. The van der Waals surface area contributed by atoms with Crippen LogP contribution in [-0.4, -0.2) is 33.7 Å². The van der Waals surface area contributed by atoms with E-state index in [1.807, 2.05) is 0 Å². The summed E-state index contributed by atoms with van der Waals surface area (Å²) in [7, 11) is -1.98. The molecule has 1 spiro atoms. The van der Waals surface area contributed by atoms with Gasteiger partial charge in [0.05, 0.1) is 0 Å². The van der Waals surface area contributed by atoms with Crippen molar-refractivity contribution in [3.05, 3.63) is 0 Å². The molecule has 0 amide bonds. The molecule has 1 heterocycles. The molecule has 0 aromatic heterocycles. The Morgan fingerprint density at radius 3 is 2.33 bits per heavy atom. The average Bonchev–Trinajstić information content (AvgIpc) is 2.40. The van der Waals surface area contributed by atoms with E-state index in [-0.39, 0.29) is 0 Å². The van der Waals surface area contributed by atoms with Crippen LogP contribution in [0.4, 0.5) is 0 Å². The van der Waals surface area contributed by atoms with Crippen molar-refractivity contribution in [2.24, 2.45) is 17.3 Å². The van der Waals surface area contributed by atoms with E-state index >= 15 is 0 Å². The second-order valence-corrected chi connectivity index (χ2v) is 8.28. The highest BCUT2D eigenvalue weighted by Gasteiger charge is 2.51. The topological polar surface area (TPSA) is 20.3 Å². The largest absolute Gasteiger partial charge is 0.253 e. The van der Waals surface area contributed by atoms with Gasteiger partial charge in [-0.3, -0.25) is 4.21 Å². The third-order valence-corrected chi connectivity index (χ3v) is 5.75. The molecule has 2 rings (SSSR count). The van der Waals surface area contributed by atoms with E-state index in [4.69, 9.17) is 0 Å². The van der Waals surface area contributed by atoms with Crippen LogP contribution in [0.25, 0.3) is 0 Å². The highest BCUT2D eigenvalue weighted by atomic mass is 32.2. The fraction of sp³-hybridized carbons (Fsp3) is 0.917. The van der Waals surface area contributed by atoms with Gasteiger partial charge in [-0.2, -0.15) is 0 Å². The monoisotopic (exact) mass is 229 g/mol. The van der Waals surface area contributed by atoms with E-state index in [1.54, 1.807) is 6.26 Å². The zero-order valence-electron chi connectivity index (χ0n) is 10.2. The Hall–Kier alpha value is -0.0200. The van der Waals surface area contributed by atoms with Crippen molar-refractivity contribution in [1.82, 2.24) is 4.31 Å². The van der Waals surface area contributed by atoms with Crippen molar-refractivity contribution in [3.63, 3.8) is 0 Å². The lowest BCUT2D eigenvalue weighted by Crippen LogP contribution is -2.39. The van der Waals surface area contributed by atoms with E-state index < -0.39 is 9.71 Å². The van der Waals surface area contributed by atoms with E-state index in [0.717, 1.165) is 19.0 Å². The molecule has 1 aliphatic heterocycles. The molecule has 1 saturated carbocycles. The Kier molecular flexibility index (Phi) is 2.67. The minimum atomic E-state index is -1.98. The van der Waals surface area contributed by atoms with E-state index in [9.17, 15) is 4.21 Å². The standard InChI is InChI=1S/C12H23NOS/c1-10(2)11-8-13(15(3,4)14)9-12(11)6-5-7-12/h10-11H,3,5-9H2,1-2,4H3. The Morgan fingerprint density at radius 2 is 2.07 bits per heavy atom. The van der Waals surface area contributed by atoms with Gasteiger partial charge in [0.15, 0.2) is 0 Å². The number of rotatable bonds is 2. The summed E-state index contributed by atoms with van der Waals surface area (Å²) in [6.07, 6.45) is 5.81. The third kappa shape index (κ3) is 1.84. The van der Waals surface area contributed by atoms with E-state index in [0.29, 0.717) is 11.3 Å². The summed E-state index contributed by atoms with van der Waals surface area (Å²) in [5.74, 6) is 5.26. The van der Waals surface area contributed by atoms with Crippen LogP contribution in [-0.2, 0) is 9.71 Å². The van der Waals surface area contributed by atoms with Gasteiger partial charge in [-0.15, -0.1) is 0 Å². The number of hydrogen-bond donors (Lipinski definition) is 0. The molecule has 0 radical (unpaired) electrons. The molecule has 15 heavy (non-hydrogen) atoms. The fourth-order valence-electron chi connectivity index (χ4n) is 3.32. The summed E-state index contributed by atoms with van der Waals surface area (Å²) in [6, 6.07) is 0. The highest BCUT2D eigenvalue weighted by molar-refractivity contribution is 7.97. The summed E-state index contributed by atoms with van der Waals surface area (Å²) in [5, 5.41) is 0. The molecule has 2 atom stereocenters. The first-order valence-electron chi connectivity index (χ1n) is 5.92. The second kappa shape index (κ2) is 3.49. The van der Waals surface area contributed by atoms with Crippen LogP contribution in [0.3, 0.4) is 0 Å². The van der Waals surface area contributed by atoms with Crippen LogP contribution in [0.2, 0.25) is 0 Å². The van der Waals surface area contributed by atoms with Gasteiger partial charge in [0.2, 0.25) is 0 Å². The SMILES string of the molecule is C=S(C)(=O)N1CC(C(C)C)C2(CCC2)C1. The van der Waals surface area contributed by atoms with E-state index in [2.05, 4.69) is 24.0 Å². The molecule has 1 aliphatic carbocycles. The molecule has 2 nitrogen and oxygen atoms in total. The van der Waals surface area contributed by atoms with Gasteiger partial charge in [-0.1, -0.05) is 20.3 Å². The summed E-state index contributed by atoms with van der Waals surface area (Å²) < 4.78 is 14.1. The smallest absolute Gasteiger partial charge is 0.0245 e. The molecule has 2 unspecified atom stereocenters. The maximum Gasteiger partial charge on any atom is 0.0245 e. The molecule has 1 saturated heterocycles. The zero-order valence-corrected chi connectivity index (χ0v) is 11.0. The summed E-state index contributed by atoms with van der Waals surface area (Å²) in [5.41, 5.74) is 0.491. The predicted molar refractivity (Wildman–Crippen MR) is 67.4 cm³/mol. The highest BCUT2D eigenvalue weighted by Crippen LogP contribution is 2.54. The zero-order chi connectivity index (χ0) is 11.3. The van der Waals surface area contributed by atoms with Crippen LogP contribution < -0.4 is 0 Å². The minimum absolute atomic E-state index is 0.491. The van der Waals surface area contributed by atoms with Crippen LogP contribution in [0.5, 0.6) is 0 Å². The molecule has 88 valence electrons. The first-order chi connectivity index (χ1) is 6.85. The Morgan fingerprint density at radius 1 is 1.47 bits per heavy atom. The molecule has 0 N–H and O–H groups in total. The molecular formula is C12H23NOS.